The highest BCUT2D eigenvalue weighted by Gasteiger charge is 2.25. The van der Waals surface area contributed by atoms with Crippen LogP contribution >= 0.6 is 0 Å². The summed E-state index contributed by atoms with van der Waals surface area (Å²) < 4.78 is 27.0. The van der Waals surface area contributed by atoms with Gasteiger partial charge in [0.1, 0.15) is 0 Å². The van der Waals surface area contributed by atoms with Crippen molar-refractivity contribution in [2.24, 2.45) is 4.99 Å². The van der Waals surface area contributed by atoms with Gasteiger partial charge in [0.05, 0.1) is 4.90 Å². The van der Waals surface area contributed by atoms with Gasteiger partial charge in [-0.05, 0) is 43.4 Å². The van der Waals surface area contributed by atoms with Crippen molar-refractivity contribution >= 4 is 16.0 Å². The average molecular weight is 377 g/mol. The Kier molecular flexibility index (Phi) is 6.32. The summed E-state index contributed by atoms with van der Waals surface area (Å²) in [6, 6.07) is 7.55. The molecular weight excluding hydrogens is 348 g/mol. The Morgan fingerprint density at radius 1 is 1.12 bits per heavy atom. The number of nitrogens with one attached hydrogen (secondary N) is 2. The molecule has 1 aromatic rings. The normalized spacial score (nSPS) is 19.7. The van der Waals surface area contributed by atoms with Gasteiger partial charge in [-0.2, -0.15) is 4.31 Å². The Morgan fingerprint density at radius 3 is 2.38 bits per heavy atom. The van der Waals surface area contributed by atoms with Crippen LogP contribution in [-0.4, -0.2) is 44.9 Å². The molecule has 2 aliphatic rings. The maximum absolute atomic E-state index is 12.7. The first-order chi connectivity index (χ1) is 12.6. The lowest BCUT2D eigenvalue weighted by molar-refractivity contribution is 0.346. The van der Waals surface area contributed by atoms with Crippen LogP contribution in [0.25, 0.3) is 0 Å². The molecule has 0 spiro atoms. The van der Waals surface area contributed by atoms with Gasteiger partial charge in [-0.15, -0.1) is 0 Å². The summed E-state index contributed by atoms with van der Waals surface area (Å²) in [7, 11) is -1.60. The first-order valence-electron chi connectivity index (χ1n) is 9.31. The van der Waals surface area contributed by atoms with E-state index in [-0.39, 0.29) is 0 Å². The van der Waals surface area contributed by atoms with E-state index in [1.807, 2.05) is 12.1 Å². The smallest absolute Gasteiger partial charge is 0.243 e. The molecule has 142 valence electrons. The van der Waals surface area contributed by atoms with Crippen molar-refractivity contribution in [2.75, 3.05) is 20.1 Å². The molecule has 1 aromatic carbocycles. The van der Waals surface area contributed by atoms with Crippen molar-refractivity contribution in [2.45, 2.75) is 49.6 Å². The number of piperidine rings is 1. The van der Waals surface area contributed by atoms with Crippen LogP contribution in [0.3, 0.4) is 0 Å². The molecule has 2 N–H and O–H groups in total. The monoisotopic (exact) mass is 376 g/mol. The summed E-state index contributed by atoms with van der Waals surface area (Å²) in [6.07, 6.45) is 9.39. The highest BCUT2D eigenvalue weighted by molar-refractivity contribution is 7.89. The zero-order chi connectivity index (χ0) is 18.4. The topological polar surface area (TPSA) is 73.8 Å². The maximum Gasteiger partial charge on any atom is 0.243 e. The van der Waals surface area contributed by atoms with E-state index in [2.05, 4.69) is 27.8 Å². The van der Waals surface area contributed by atoms with Gasteiger partial charge in [-0.3, -0.25) is 4.99 Å². The molecule has 1 saturated heterocycles. The third-order valence-corrected chi connectivity index (χ3v) is 6.82. The van der Waals surface area contributed by atoms with E-state index in [1.54, 1.807) is 23.5 Å². The lowest BCUT2D eigenvalue weighted by Crippen LogP contribution is -2.42. The van der Waals surface area contributed by atoms with Gasteiger partial charge in [-0.25, -0.2) is 8.42 Å². The molecule has 6 nitrogen and oxygen atoms in total. The molecule has 0 amide bonds. The largest absolute Gasteiger partial charge is 0.353 e. The van der Waals surface area contributed by atoms with Crippen molar-refractivity contribution in [3.63, 3.8) is 0 Å². The van der Waals surface area contributed by atoms with E-state index in [4.69, 9.17) is 0 Å². The number of hydrogen-bond donors (Lipinski definition) is 2. The van der Waals surface area contributed by atoms with E-state index in [9.17, 15) is 8.42 Å². The van der Waals surface area contributed by atoms with Gasteiger partial charge in [0, 0.05) is 32.7 Å². The van der Waals surface area contributed by atoms with Crippen LogP contribution < -0.4 is 10.6 Å². The minimum Gasteiger partial charge on any atom is -0.353 e. The van der Waals surface area contributed by atoms with Gasteiger partial charge in [0.15, 0.2) is 5.96 Å². The highest BCUT2D eigenvalue weighted by atomic mass is 32.2. The Morgan fingerprint density at radius 2 is 1.77 bits per heavy atom. The van der Waals surface area contributed by atoms with Crippen LogP contribution in [-0.2, 0) is 16.6 Å². The molecule has 1 fully saturated rings. The quantitative estimate of drug-likeness (QED) is 0.470. The number of sulfonamides is 1. The fourth-order valence-electron chi connectivity index (χ4n) is 3.34. The van der Waals surface area contributed by atoms with Crippen LogP contribution in [0.2, 0.25) is 0 Å². The zero-order valence-electron chi connectivity index (χ0n) is 15.3. The Balaban J connectivity index is 1.57. The van der Waals surface area contributed by atoms with Crippen LogP contribution in [0.1, 0.15) is 37.7 Å². The summed E-state index contributed by atoms with van der Waals surface area (Å²) in [5.41, 5.74) is 1.02. The summed E-state index contributed by atoms with van der Waals surface area (Å²) in [5, 5.41) is 6.67. The zero-order valence-corrected chi connectivity index (χ0v) is 16.1. The molecule has 3 rings (SSSR count). The van der Waals surface area contributed by atoms with E-state index < -0.39 is 10.0 Å². The summed E-state index contributed by atoms with van der Waals surface area (Å²) in [6.45, 7) is 1.86. The van der Waals surface area contributed by atoms with E-state index in [0.717, 1.165) is 43.6 Å². The number of guanidine groups is 1. The molecule has 0 atom stereocenters. The van der Waals surface area contributed by atoms with Crippen molar-refractivity contribution in [1.29, 1.82) is 0 Å². The van der Waals surface area contributed by atoms with Crippen LogP contribution in [0.15, 0.2) is 46.3 Å². The predicted molar refractivity (Wildman–Crippen MR) is 105 cm³/mol. The molecule has 7 heteroatoms. The summed E-state index contributed by atoms with van der Waals surface area (Å²) in [4.78, 5) is 4.63. The Bertz CT molecular complexity index is 742. The molecule has 1 aliphatic heterocycles. The summed E-state index contributed by atoms with van der Waals surface area (Å²) >= 11 is 0. The van der Waals surface area contributed by atoms with Gasteiger partial charge in [0.2, 0.25) is 10.0 Å². The molecule has 0 unspecified atom stereocenters. The molecule has 26 heavy (non-hydrogen) atoms. The number of nitrogens with zero attached hydrogens (tertiary/aromatic N) is 2. The lowest BCUT2D eigenvalue weighted by Gasteiger charge is -2.25. The molecule has 0 radical (unpaired) electrons. The second-order valence-corrected chi connectivity index (χ2v) is 8.76. The van der Waals surface area contributed by atoms with Gasteiger partial charge in [-0.1, -0.05) is 30.7 Å². The van der Waals surface area contributed by atoms with Crippen molar-refractivity contribution in [3.8, 4) is 0 Å². The van der Waals surface area contributed by atoms with E-state index in [0.29, 0.717) is 30.6 Å². The maximum atomic E-state index is 12.7. The third-order valence-electron chi connectivity index (χ3n) is 4.91. The molecule has 1 heterocycles. The third kappa shape index (κ3) is 4.65. The molecule has 1 aliphatic carbocycles. The number of benzene rings is 1. The minimum absolute atomic E-state index is 0.377. The van der Waals surface area contributed by atoms with E-state index >= 15 is 0 Å². The molecular formula is C19H28N4O2S. The van der Waals surface area contributed by atoms with Gasteiger partial charge < -0.3 is 10.6 Å². The first-order valence-corrected chi connectivity index (χ1v) is 10.7. The van der Waals surface area contributed by atoms with Crippen LogP contribution in [0, 0.1) is 0 Å². The number of aliphatic imine (C=N–C) groups is 1. The summed E-state index contributed by atoms with van der Waals surface area (Å²) in [5.74, 6) is 0.767. The average Bonchev–Trinajstić information content (AvgIpc) is 3.19. The van der Waals surface area contributed by atoms with Crippen molar-refractivity contribution in [1.82, 2.24) is 14.9 Å². The highest BCUT2D eigenvalue weighted by Crippen LogP contribution is 2.20. The lowest BCUT2D eigenvalue weighted by atomic mass is 10.2. The minimum atomic E-state index is -3.36. The van der Waals surface area contributed by atoms with Gasteiger partial charge in [0.25, 0.3) is 0 Å². The predicted octanol–water partition coefficient (Wildman–Crippen LogP) is 2.24. The van der Waals surface area contributed by atoms with E-state index in [1.165, 1.54) is 0 Å². The van der Waals surface area contributed by atoms with Crippen LogP contribution in [0.4, 0.5) is 0 Å². The fourth-order valence-corrected chi connectivity index (χ4v) is 4.86. The van der Waals surface area contributed by atoms with Crippen molar-refractivity contribution < 1.29 is 8.42 Å². The Hall–Kier alpha value is -1.86. The van der Waals surface area contributed by atoms with Gasteiger partial charge >= 0.3 is 0 Å². The molecule has 0 aromatic heterocycles. The second-order valence-electron chi connectivity index (χ2n) is 6.82. The number of hydrogen-bond acceptors (Lipinski definition) is 3. The first kappa shape index (κ1) is 18.9. The number of rotatable bonds is 5. The van der Waals surface area contributed by atoms with Crippen LogP contribution in [0.5, 0.6) is 0 Å². The SMILES string of the molecule is CN=C(NCc1ccc(S(=O)(=O)N2CCCCC2)cc1)NC1CC=CC1. The standard InChI is InChI=1S/C19H28N4O2S/c1-20-19(22-17-7-3-4-8-17)21-15-16-9-11-18(12-10-16)26(24,25)23-13-5-2-6-14-23/h3-4,9-12,17H,2,5-8,13-15H2,1H3,(H2,20,21,22). The van der Waals surface area contributed by atoms with Crippen molar-refractivity contribution in [3.05, 3.63) is 42.0 Å². The second kappa shape index (κ2) is 8.68. The molecule has 0 bridgehead atoms. The fraction of sp³-hybridized carbons (Fsp3) is 0.526. The Labute approximate surface area is 156 Å². The molecule has 0 saturated carbocycles.